The van der Waals surface area contributed by atoms with Crippen molar-refractivity contribution in [3.05, 3.63) is 59.4 Å². The van der Waals surface area contributed by atoms with E-state index >= 15 is 0 Å². The molecule has 4 rings (SSSR count). The van der Waals surface area contributed by atoms with E-state index in [-0.39, 0.29) is 30.3 Å². The van der Waals surface area contributed by atoms with Gasteiger partial charge in [0.05, 0.1) is 25.7 Å². The van der Waals surface area contributed by atoms with Crippen molar-refractivity contribution in [2.75, 3.05) is 32.1 Å². The van der Waals surface area contributed by atoms with Crippen LogP contribution in [-0.2, 0) is 9.53 Å². The molecule has 1 unspecified atom stereocenters. The molecule has 1 aliphatic rings. The predicted molar refractivity (Wildman–Crippen MR) is 145 cm³/mol. The van der Waals surface area contributed by atoms with Gasteiger partial charge in [-0.25, -0.2) is 0 Å². The van der Waals surface area contributed by atoms with Crippen molar-refractivity contribution in [2.45, 2.75) is 53.0 Å². The first-order valence-corrected chi connectivity index (χ1v) is 13.2. The lowest BCUT2D eigenvalue weighted by Crippen LogP contribution is -2.29. The van der Waals surface area contributed by atoms with E-state index in [1.54, 1.807) is 26.1 Å². The number of anilines is 1. The molecule has 1 amide bonds. The maximum Gasteiger partial charge on any atom is 0.307 e. The van der Waals surface area contributed by atoms with Crippen molar-refractivity contribution in [1.82, 2.24) is 4.90 Å². The molecular weight excluding hydrogens is 468 g/mol. The highest BCUT2D eigenvalue weighted by Crippen LogP contribution is 2.37. The standard InChI is InChI=1S/C30H38N2O5/c1-6-35-27(33)15-16-32(5)30(34)22-9-11-23(12-10-22)31-28(19(2)3)29-20(4)25-17-24(13-14-26(25)37-29)36-18-21-7-8-21/h9-14,17,19,21,28,31H,6-8,15-16,18H2,1-5H3. The van der Waals surface area contributed by atoms with Gasteiger partial charge in [-0.1, -0.05) is 13.8 Å². The molecule has 37 heavy (non-hydrogen) atoms. The first-order chi connectivity index (χ1) is 17.8. The SMILES string of the molecule is CCOC(=O)CCN(C)C(=O)c1ccc(NC(c2oc3ccc(OCC4CC4)cc3c2C)C(C)C)cc1. The van der Waals surface area contributed by atoms with Crippen molar-refractivity contribution in [3.8, 4) is 5.75 Å². The second kappa shape index (κ2) is 11.7. The number of benzene rings is 2. The molecule has 7 heteroatoms. The Morgan fingerprint density at radius 2 is 1.86 bits per heavy atom. The highest BCUT2D eigenvalue weighted by atomic mass is 16.5. The van der Waals surface area contributed by atoms with Crippen LogP contribution in [0.2, 0.25) is 0 Å². The number of carbonyl (C=O) groups excluding carboxylic acids is 2. The number of rotatable bonds is 12. The quantitative estimate of drug-likeness (QED) is 0.288. The van der Waals surface area contributed by atoms with E-state index in [1.807, 2.05) is 24.3 Å². The third-order valence-electron chi connectivity index (χ3n) is 6.83. The van der Waals surface area contributed by atoms with E-state index in [4.69, 9.17) is 13.9 Å². The number of fused-ring (bicyclic) bond motifs is 1. The fourth-order valence-corrected chi connectivity index (χ4v) is 4.34. The Hall–Kier alpha value is -3.48. The molecule has 1 aromatic heterocycles. The van der Waals surface area contributed by atoms with Gasteiger partial charge in [0, 0.05) is 35.8 Å². The van der Waals surface area contributed by atoms with Gasteiger partial charge in [0.1, 0.15) is 17.1 Å². The molecule has 198 valence electrons. The molecular formula is C30H38N2O5. The number of nitrogens with one attached hydrogen (secondary N) is 1. The zero-order chi connectivity index (χ0) is 26.5. The zero-order valence-electron chi connectivity index (χ0n) is 22.5. The maximum atomic E-state index is 12.8. The summed E-state index contributed by atoms with van der Waals surface area (Å²) in [6, 6.07) is 13.4. The summed E-state index contributed by atoms with van der Waals surface area (Å²) in [6.45, 7) is 9.61. The molecule has 1 N–H and O–H groups in total. The van der Waals surface area contributed by atoms with Gasteiger partial charge in [-0.15, -0.1) is 0 Å². The Morgan fingerprint density at radius 3 is 2.51 bits per heavy atom. The van der Waals surface area contributed by atoms with E-state index in [2.05, 4.69) is 32.2 Å². The van der Waals surface area contributed by atoms with E-state index in [0.29, 0.717) is 24.6 Å². The third-order valence-corrected chi connectivity index (χ3v) is 6.83. The average molecular weight is 507 g/mol. The second-order valence-electron chi connectivity index (χ2n) is 10.2. The molecule has 1 fully saturated rings. The van der Waals surface area contributed by atoms with Crippen molar-refractivity contribution in [2.24, 2.45) is 11.8 Å². The van der Waals surface area contributed by atoms with Crippen molar-refractivity contribution < 1.29 is 23.5 Å². The van der Waals surface area contributed by atoms with Crippen molar-refractivity contribution >= 4 is 28.5 Å². The summed E-state index contributed by atoms with van der Waals surface area (Å²) in [4.78, 5) is 25.9. The topological polar surface area (TPSA) is 81.0 Å². The molecule has 0 radical (unpaired) electrons. The molecule has 2 aromatic carbocycles. The van der Waals surface area contributed by atoms with Gasteiger partial charge < -0.3 is 24.1 Å². The van der Waals surface area contributed by atoms with Crippen LogP contribution >= 0.6 is 0 Å². The lowest BCUT2D eigenvalue weighted by atomic mass is 9.97. The van der Waals surface area contributed by atoms with Crippen LogP contribution in [0, 0.1) is 18.8 Å². The minimum absolute atomic E-state index is 0.0444. The van der Waals surface area contributed by atoms with Gasteiger partial charge in [-0.2, -0.15) is 0 Å². The van der Waals surface area contributed by atoms with Gasteiger partial charge in [-0.3, -0.25) is 9.59 Å². The summed E-state index contributed by atoms with van der Waals surface area (Å²) >= 11 is 0. The van der Waals surface area contributed by atoms with Crippen LogP contribution in [0.1, 0.15) is 67.8 Å². The Balaban J connectivity index is 1.44. The zero-order valence-corrected chi connectivity index (χ0v) is 22.5. The van der Waals surface area contributed by atoms with Crippen LogP contribution in [-0.4, -0.2) is 43.6 Å². The van der Waals surface area contributed by atoms with Gasteiger partial charge in [0.25, 0.3) is 5.91 Å². The highest BCUT2D eigenvalue weighted by molar-refractivity contribution is 5.94. The van der Waals surface area contributed by atoms with Gasteiger partial charge in [-0.05, 0) is 81.0 Å². The van der Waals surface area contributed by atoms with Crippen LogP contribution in [0.4, 0.5) is 5.69 Å². The van der Waals surface area contributed by atoms with Crippen LogP contribution in [0.15, 0.2) is 46.9 Å². The number of nitrogens with zero attached hydrogens (tertiary/aromatic N) is 1. The lowest BCUT2D eigenvalue weighted by Gasteiger charge is -2.23. The summed E-state index contributed by atoms with van der Waals surface area (Å²) in [5, 5.41) is 4.67. The van der Waals surface area contributed by atoms with Crippen LogP contribution < -0.4 is 10.1 Å². The number of furan rings is 1. The van der Waals surface area contributed by atoms with Crippen molar-refractivity contribution in [1.29, 1.82) is 0 Å². The summed E-state index contributed by atoms with van der Waals surface area (Å²) in [6.07, 6.45) is 2.71. The molecule has 0 spiro atoms. The van der Waals surface area contributed by atoms with Crippen molar-refractivity contribution in [3.63, 3.8) is 0 Å². The minimum Gasteiger partial charge on any atom is -0.493 e. The second-order valence-corrected chi connectivity index (χ2v) is 10.2. The third kappa shape index (κ3) is 6.64. The van der Waals surface area contributed by atoms with E-state index in [9.17, 15) is 9.59 Å². The number of carbonyl (C=O) groups is 2. The molecule has 3 aromatic rings. The molecule has 7 nitrogen and oxygen atoms in total. The number of ether oxygens (including phenoxy) is 2. The molecule has 1 atom stereocenters. The number of esters is 1. The number of hydrogen-bond donors (Lipinski definition) is 1. The van der Waals surface area contributed by atoms with E-state index in [1.165, 1.54) is 17.7 Å². The lowest BCUT2D eigenvalue weighted by molar-refractivity contribution is -0.143. The van der Waals surface area contributed by atoms with Crippen LogP contribution in [0.25, 0.3) is 11.0 Å². The van der Waals surface area contributed by atoms with Crippen LogP contribution in [0.3, 0.4) is 0 Å². The molecule has 0 saturated heterocycles. The Bertz CT molecular complexity index is 1230. The highest BCUT2D eigenvalue weighted by Gasteiger charge is 2.25. The predicted octanol–water partition coefficient (Wildman–Crippen LogP) is 6.36. The fourth-order valence-electron chi connectivity index (χ4n) is 4.34. The Morgan fingerprint density at radius 1 is 1.14 bits per heavy atom. The number of hydrogen-bond acceptors (Lipinski definition) is 6. The van der Waals surface area contributed by atoms with Gasteiger partial charge in [0.15, 0.2) is 0 Å². The number of aryl methyl sites for hydroxylation is 1. The van der Waals surface area contributed by atoms with E-state index < -0.39 is 0 Å². The summed E-state index contributed by atoms with van der Waals surface area (Å²) in [5.74, 6) is 2.33. The van der Waals surface area contributed by atoms with Gasteiger partial charge in [0.2, 0.25) is 0 Å². The Labute approximate surface area is 219 Å². The Kier molecular flexibility index (Phi) is 8.41. The minimum atomic E-state index is -0.302. The number of amides is 1. The average Bonchev–Trinajstić information content (AvgIpc) is 3.67. The summed E-state index contributed by atoms with van der Waals surface area (Å²) in [7, 11) is 1.69. The monoisotopic (exact) mass is 506 g/mol. The molecule has 1 aliphatic carbocycles. The molecule has 1 heterocycles. The first-order valence-electron chi connectivity index (χ1n) is 13.2. The smallest absolute Gasteiger partial charge is 0.307 e. The molecule has 0 aliphatic heterocycles. The summed E-state index contributed by atoms with van der Waals surface area (Å²) in [5.41, 5.74) is 3.42. The van der Waals surface area contributed by atoms with Gasteiger partial charge >= 0.3 is 5.97 Å². The molecule has 1 saturated carbocycles. The fraction of sp³-hybridized carbons (Fsp3) is 0.467. The van der Waals surface area contributed by atoms with E-state index in [0.717, 1.165) is 40.3 Å². The largest absolute Gasteiger partial charge is 0.493 e. The molecule has 0 bridgehead atoms. The first kappa shape index (κ1) is 26.6. The van der Waals surface area contributed by atoms with Crippen LogP contribution in [0.5, 0.6) is 5.75 Å². The summed E-state index contributed by atoms with van der Waals surface area (Å²) < 4.78 is 17.2. The normalized spacial score (nSPS) is 14.0. The maximum absolute atomic E-state index is 12.8.